The van der Waals surface area contributed by atoms with Crippen molar-refractivity contribution in [2.24, 2.45) is 16.7 Å². The maximum atomic E-state index is 13.0. The van der Waals surface area contributed by atoms with E-state index < -0.39 is 27.4 Å². The van der Waals surface area contributed by atoms with Crippen LogP contribution in [0.15, 0.2) is 30.3 Å². The van der Waals surface area contributed by atoms with Gasteiger partial charge >= 0.3 is 5.97 Å². The number of carbonyl (C=O) groups excluding carboxylic acids is 2. The molecule has 154 valence electrons. The molecule has 1 N–H and O–H groups in total. The summed E-state index contributed by atoms with van der Waals surface area (Å²) in [5.74, 6) is -0.600. The van der Waals surface area contributed by atoms with Gasteiger partial charge in [0.2, 0.25) is 10.0 Å². The molecule has 0 heterocycles. The SMILES string of the molecule is CCOC(=O)[C@H](Cc1ccccc1)NS(=O)(=O)C[C@]12CC[C@H](CC1=O)C2(C)C. The lowest BCUT2D eigenvalue weighted by atomic mass is 9.70. The molecule has 0 radical (unpaired) electrons. The zero-order valence-corrected chi connectivity index (χ0v) is 17.6. The molecule has 2 saturated carbocycles. The number of sulfonamides is 1. The van der Waals surface area contributed by atoms with Crippen molar-refractivity contribution in [3.05, 3.63) is 35.9 Å². The average molecular weight is 408 g/mol. The second-order valence-electron chi connectivity index (χ2n) is 8.54. The first kappa shape index (κ1) is 21.0. The lowest BCUT2D eigenvalue weighted by Gasteiger charge is -2.36. The number of nitrogens with one attached hydrogen (secondary N) is 1. The molecule has 1 aromatic rings. The number of Topliss-reactive ketones (excluding diaryl/α,β-unsaturated/α-hetero) is 1. The van der Waals surface area contributed by atoms with E-state index in [0.29, 0.717) is 12.8 Å². The number of benzene rings is 1. The molecule has 2 bridgehead atoms. The number of esters is 1. The van der Waals surface area contributed by atoms with Crippen molar-refractivity contribution in [2.45, 2.75) is 52.5 Å². The monoisotopic (exact) mass is 407 g/mol. The van der Waals surface area contributed by atoms with E-state index in [1.807, 2.05) is 44.2 Å². The van der Waals surface area contributed by atoms with Gasteiger partial charge in [0.25, 0.3) is 0 Å². The lowest BCUT2D eigenvalue weighted by molar-refractivity contribution is -0.145. The van der Waals surface area contributed by atoms with Crippen LogP contribution in [0.5, 0.6) is 0 Å². The van der Waals surface area contributed by atoms with E-state index in [1.165, 1.54) is 0 Å². The first-order valence-electron chi connectivity index (χ1n) is 9.85. The number of ketones is 1. The minimum absolute atomic E-state index is 0.0369. The van der Waals surface area contributed by atoms with Crippen molar-refractivity contribution in [1.82, 2.24) is 4.72 Å². The van der Waals surface area contributed by atoms with Gasteiger partial charge < -0.3 is 4.74 Å². The first-order valence-corrected chi connectivity index (χ1v) is 11.5. The van der Waals surface area contributed by atoms with Crippen molar-refractivity contribution >= 4 is 21.8 Å². The topological polar surface area (TPSA) is 89.5 Å². The number of ether oxygens (including phenoxy) is 1. The van der Waals surface area contributed by atoms with Crippen molar-refractivity contribution in [3.63, 3.8) is 0 Å². The van der Waals surface area contributed by atoms with Crippen LogP contribution in [0.1, 0.15) is 45.6 Å². The third kappa shape index (κ3) is 3.74. The van der Waals surface area contributed by atoms with Gasteiger partial charge in [-0.1, -0.05) is 44.2 Å². The summed E-state index contributed by atoms with van der Waals surface area (Å²) in [6.07, 6.45) is 2.12. The van der Waals surface area contributed by atoms with Gasteiger partial charge in [0, 0.05) is 11.8 Å². The Morgan fingerprint density at radius 3 is 2.50 bits per heavy atom. The first-order chi connectivity index (χ1) is 13.1. The van der Waals surface area contributed by atoms with Crippen LogP contribution in [0.4, 0.5) is 0 Å². The Labute approximate surface area is 167 Å². The largest absolute Gasteiger partial charge is 0.465 e. The predicted octanol–water partition coefficient (Wildman–Crippen LogP) is 2.48. The highest BCUT2D eigenvalue weighted by molar-refractivity contribution is 7.89. The van der Waals surface area contributed by atoms with Crippen molar-refractivity contribution in [1.29, 1.82) is 0 Å². The van der Waals surface area contributed by atoms with Gasteiger partial charge in [-0.3, -0.25) is 9.59 Å². The van der Waals surface area contributed by atoms with E-state index >= 15 is 0 Å². The summed E-state index contributed by atoms with van der Waals surface area (Å²) in [6, 6.07) is 8.19. The smallest absolute Gasteiger partial charge is 0.324 e. The van der Waals surface area contributed by atoms with Crippen LogP contribution in [0, 0.1) is 16.7 Å². The third-order valence-electron chi connectivity index (χ3n) is 6.75. The summed E-state index contributed by atoms with van der Waals surface area (Å²) in [6.45, 7) is 5.85. The quantitative estimate of drug-likeness (QED) is 0.669. The van der Waals surface area contributed by atoms with E-state index in [2.05, 4.69) is 4.72 Å². The molecule has 0 saturated heterocycles. The Hall–Kier alpha value is -1.73. The van der Waals surface area contributed by atoms with Crippen LogP contribution < -0.4 is 4.72 Å². The van der Waals surface area contributed by atoms with E-state index in [1.54, 1.807) is 6.92 Å². The molecule has 2 fully saturated rings. The summed E-state index contributed by atoms with van der Waals surface area (Å²) in [4.78, 5) is 25.1. The molecule has 0 aliphatic heterocycles. The highest BCUT2D eigenvalue weighted by Gasteiger charge is 2.65. The number of hydrogen-bond donors (Lipinski definition) is 1. The van der Waals surface area contributed by atoms with Crippen LogP contribution in [0.25, 0.3) is 0 Å². The van der Waals surface area contributed by atoms with Crippen molar-refractivity contribution in [3.8, 4) is 0 Å². The zero-order valence-electron chi connectivity index (χ0n) is 16.7. The summed E-state index contributed by atoms with van der Waals surface area (Å²) in [7, 11) is -3.87. The van der Waals surface area contributed by atoms with Gasteiger partial charge in [-0.05, 0) is 43.1 Å². The zero-order chi connectivity index (χ0) is 20.6. The number of carbonyl (C=O) groups is 2. The Balaban J connectivity index is 1.81. The Bertz CT molecular complexity index is 849. The number of rotatable bonds is 8. The van der Waals surface area contributed by atoms with Gasteiger partial charge in [-0.15, -0.1) is 0 Å². The molecule has 2 aliphatic rings. The number of hydrogen-bond acceptors (Lipinski definition) is 5. The molecule has 1 aromatic carbocycles. The second kappa shape index (κ2) is 7.59. The Kier molecular flexibility index (Phi) is 5.69. The van der Waals surface area contributed by atoms with Gasteiger partial charge in [-0.2, -0.15) is 0 Å². The van der Waals surface area contributed by atoms with E-state index in [0.717, 1.165) is 12.0 Å². The minimum Gasteiger partial charge on any atom is -0.465 e. The van der Waals surface area contributed by atoms with Crippen LogP contribution in [-0.4, -0.2) is 38.6 Å². The fourth-order valence-corrected chi connectivity index (χ4v) is 6.98. The molecule has 7 heteroatoms. The molecule has 0 amide bonds. The summed E-state index contributed by atoms with van der Waals surface area (Å²) < 4.78 is 33.7. The molecular weight excluding hydrogens is 378 g/mol. The highest BCUT2D eigenvalue weighted by atomic mass is 32.2. The molecule has 0 spiro atoms. The Morgan fingerprint density at radius 2 is 1.96 bits per heavy atom. The van der Waals surface area contributed by atoms with Gasteiger partial charge in [0.15, 0.2) is 0 Å². The molecule has 0 unspecified atom stereocenters. The second-order valence-corrected chi connectivity index (χ2v) is 10.3. The Morgan fingerprint density at radius 1 is 1.29 bits per heavy atom. The molecular formula is C21H29NO5S. The van der Waals surface area contributed by atoms with Crippen molar-refractivity contribution < 1.29 is 22.7 Å². The average Bonchev–Trinajstić information content (AvgIpc) is 2.96. The van der Waals surface area contributed by atoms with Gasteiger partial charge in [0.05, 0.1) is 12.4 Å². The fraction of sp³-hybridized carbons (Fsp3) is 0.619. The predicted molar refractivity (Wildman–Crippen MR) is 106 cm³/mol. The van der Waals surface area contributed by atoms with Crippen LogP contribution in [0.3, 0.4) is 0 Å². The number of fused-ring (bicyclic) bond motifs is 2. The summed E-state index contributed by atoms with van der Waals surface area (Å²) in [5.41, 5.74) is -0.382. The van der Waals surface area contributed by atoms with Crippen LogP contribution in [-0.2, 0) is 30.8 Å². The van der Waals surface area contributed by atoms with Gasteiger partial charge in [0.1, 0.15) is 11.8 Å². The fourth-order valence-electron chi connectivity index (χ4n) is 4.96. The summed E-state index contributed by atoms with van der Waals surface area (Å²) in [5, 5.41) is 0. The van der Waals surface area contributed by atoms with E-state index in [-0.39, 0.29) is 35.9 Å². The maximum absolute atomic E-state index is 13.0. The molecule has 6 nitrogen and oxygen atoms in total. The standard InChI is InChI=1S/C21H29NO5S/c1-4-27-19(24)17(12-15-8-6-5-7-9-15)22-28(25,26)14-21-11-10-16(13-18(21)23)20(21,2)3/h5-9,16-17,22H,4,10-14H2,1-3H3/t16-,17+,21-/m1/s1. The lowest BCUT2D eigenvalue weighted by Crippen LogP contribution is -2.50. The molecule has 28 heavy (non-hydrogen) atoms. The van der Waals surface area contributed by atoms with Gasteiger partial charge in [-0.25, -0.2) is 13.1 Å². The van der Waals surface area contributed by atoms with Crippen LogP contribution in [0.2, 0.25) is 0 Å². The highest BCUT2D eigenvalue weighted by Crippen LogP contribution is 2.64. The minimum atomic E-state index is -3.87. The van der Waals surface area contributed by atoms with E-state index in [9.17, 15) is 18.0 Å². The molecule has 2 aliphatic carbocycles. The van der Waals surface area contributed by atoms with E-state index in [4.69, 9.17) is 4.74 Å². The van der Waals surface area contributed by atoms with Crippen LogP contribution >= 0.6 is 0 Å². The summed E-state index contributed by atoms with van der Waals surface area (Å²) >= 11 is 0. The molecule has 0 aromatic heterocycles. The molecule has 3 rings (SSSR count). The molecule has 3 atom stereocenters. The normalized spacial score (nSPS) is 27.0. The van der Waals surface area contributed by atoms with Crippen molar-refractivity contribution in [2.75, 3.05) is 12.4 Å². The third-order valence-corrected chi connectivity index (χ3v) is 8.27. The maximum Gasteiger partial charge on any atom is 0.324 e.